The number of ketones is 1. The van der Waals surface area contributed by atoms with Gasteiger partial charge in [0.2, 0.25) is 0 Å². The smallest absolute Gasteiger partial charge is 0.295 e. The van der Waals surface area contributed by atoms with Gasteiger partial charge in [-0.05, 0) is 54.8 Å². The molecule has 1 aliphatic rings. The molecule has 1 atom stereocenters. The number of imidazole rings is 1. The molecule has 1 amide bonds. The number of aliphatic hydroxyl groups excluding tert-OH is 1. The lowest BCUT2D eigenvalue weighted by Gasteiger charge is -2.25. The van der Waals surface area contributed by atoms with Crippen molar-refractivity contribution in [1.29, 1.82) is 0 Å². The van der Waals surface area contributed by atoms with Gasteiger partial charge in [-0.15, -0.1) is 0 Å². The minimum absolute atomic E-state index is 0.0529. The molecule has 8 heteroatoms. The number of rotatable bonds is 9. The van der Waals surface area contributed by atoms with Crippen LogP contribution in [0.4, 0.5) is 0 Å². The fraction of sp³-hybridized carbons (Fsp3) is 0.269. The largest absolute Gasteiger partial charge is 0.507 e. The lowest BCUT2D eigenvalue weighted by molar-refractivity contribution is -0.139. The van der Waals surface area contributed by atoms with Crippen LogP contribution in [0.1, 0.15) is 36.9 Å². The predicted molar refractivity (Wildman–Crippen MR) is 130 cm³/mol. The van der Waals surface area contributed by atoms with Crippen LogP contribution in [0.3, 0.4) is 0 Å². The zero-order valence-corrected chi connectivity index (χ0v) is 19.6. The van der Waals surface area contributed by atoms with Gasteiger partial charge in [0, 0.05) is 36.1 Å². The maximum absolute atomic E-state index is 13.1. The first-order chi connectivity index (χ1) is 16.5. The Morgan fingerprint density at radius 2 is 1.94 bits per heavy atom. The molecule has 176 valence electrons. The summed E-state index contributed by atoms with van der Waals surface area (Å²) in [5.74, 6) is -0.899. The van der Waals surface area contributed by atoms with Crippen LogP contribution in [0.25, 0.3) is 5.76 Å². The van der Waals surface area contributed by atoms with Crippen LogP contribution in [0, 0.1) is 0 Å². The van der Waals surface area contributed by atoms with E-state index in [9.17, 15) is 14.7 Å². The number of benzene rings is 2. The number of hydrogen-bond acceptors (Lipinski definition) is 5. The van der Waals surface area contributed by atoms with E-state index >= 15 is 0 Å². The van der Waals surface area contributed by atoms with Gasteiger partial charge in [-0.3, -0.25) is 9.59 Å². The first-order valence-corrected chi connectivity index (χ1v) is 11.6. The maximum atomic E-state index is 13.1. The van der Waals surface area contributed by atoms with E-state index in [4.69, 9.17) is 16.3 Å². The molecule has 2 aromatic carbocycles. The molecular weight excluding hydrogens is 454 g/mol. The third kappa shape index (κ3) is 4.99. The second kappa shape index (κ2) is 10.6. The van der Waals surface area contributed by atoms with E-state index in [0.29, 0.717) is 48.0 Å². The summed E-state index contributed by atoms with van der Waals surface area (Å²) in [4.78, 5) is 31.7. The highest BCUT2D eigenvalue weighted by Crippen LogP contribution is 2.40. The molecule has 0 aliphatic carbocycles. The van der Waals surface area contributed by atoms with Gasteiger partial charge in [-0.1, -0.05) is 30.7 Å². The van der Waals surface area contributed by atoms with E-state index in [-0.39, 0.29) is 11.3 Å². The number of aliphatic hydroxyl groups is 1. The molecule has 7 nitrogen and oxygen atoms in total. The molecule has 1 saturated heterocycles. The van der Waals surface area contributed by atoms with Crippen LogP contribution in [0.5, 0.6) is 5.75 Å². The summed E-state index contributed by atoms with van der Waals surface area (Å²) >= 11 is 6.23. The van der Waals surface area contributed by atoms with Crippen molar-refractivity contribution in [3.63, 3.8) is 0 Å². The number of ether oxygens (including phenoxy) is 1. The van der Waals surface area contributed by atoms with Gasteiger partial charge < -0.3 is 19.3 Å². The zero-order chi connectivity index (χ0) is 24.1. The Morgan fingerprint density at radius 3 is 2.62 bits per heavy atom. The lowest BCUT2D eigenvalue weighted by Crippen LogP contribution is -2.31. The van der Waals surface area contributed by atoms with Crippen LogP contribution in [-0.4, -0.2) is 44.4 Å². The molecule has 0 unspecified atom stereocenters. The van der Waals surface area contributed by atoms with Crippen LogP contribution < -0.4 is 4.74 Å². The molecule has 3 aromatic rings. The van der Waals surface area contributed by atoms with Crippen molar-refractivity contribution in [2.75, 3.05) is 13.2 Å². The second-order valence-electron chi connectivity index (χ2n) is 8.07. The molecule has 0 spiro atoms. The molecule has 1 N–H and O–H groups in total. The molecule has 0 bridgehead atoms. The van der Waals surface area contributed by atoms with Gasteiger partial charge in [-0.25, -0.2) is 4.98 Å². The van der Waals surface area contributed by atoms with Gasteiger partial charge in [0.1, 0.15) is 11.5 Å². The summed E-state index contributed by atoms with van der Waals surface area (Å²) in [6.07, 6.45) is 6.74. The molecule has 1 aromatic heterocycles. The Bertz CT molecular complexity index is 1190. The van der Waals surface area contributed by atoms with E-state index in [0.717, 1.165) is 6.42 Å². The van der Waals surface area contributed by atoms with E-state index in [1.807, 2.05) is 17.7 Å². The third-order valence-corrected chi connectivity index (χ3v) is 5.91. The van der Waals surface area contributed by atoms with Crippen LogP contribution in [0.2, 0.25) is 5.02 Å². The Balaban J connectivity index is 1.68. The van der Waals surface area contributed by atoms with Crippen LogP contribution >= 0.6 is 11.6 Å². The average molecular weight is 480 g/mol. The van der Waals surface area contributed by atoms with Crippen LogP contribution in [0.15, 0.2) is 72.8 Å². The first-order valence-electron chi connectivity index (χ1n) is 11.2. The average Bonchev–Trinajstić information content (AvgIpc) is 3.45. The Kier molecular flexibility index (Phi) is 7.33. The minimum atomic E-state index is -0.738. The monoisotopic (exact) mass is 479 g/mol. The number of nitrogens with zero attached hydrogens (tertiary/aromatic N) is 3. The molecule has 0 radical (unpaired) electrons. The zero-order valence-electron chi connectivity index (χ0n) is 18.9. The second-order valence-corrected chi connectivity index (χ2v) is 8.51. The fourth-order valence-electron chi connectivity index (χ4n) is 4.06. The highest BCUT2D eigenvalue weighted by Gasteiger charge is 2.45. The fourth-order valence-corrected chi connectivity index (χ4v) is 4.26. The van der Waals surface area contributed by atoms with Gasteiger partial charge >= 0.3 is 0 Å². The van der Waals surface area contributed by atoms with Gasteiger partial charge in [0.15, 0.2) is 0 Å². The normalized spacial score (nSPS) is 17.4. The summed E-state index contributed by atoms with van der Waals surface area (Å²) in [5, 5.41) is 11.6. The van der Waals surface area contributed by atoms with Crippen molar-refractivity contribution < 1.29 is 19.4 Å². The van der Waals surface area contributed by atoms with Gasteiger partial charge in [0.05, 0.1) is 24.5 Å². The van der Waals surface area contributed by atoms with Crippen molar-refractivity contribution in [2.45, 2.75) is 32.4 Å². The van der Waals surface area contributed by atoms with Crippen molar-refractivity contribution in [3.8, 4) is 5.75 Å². The van der Waals surface area contributed by atoms with E-state index in [1.165, 1.54) is 4.90 Å². The number of carbonyl (C=O) groups excluding carboxylic acids is 2. The SMILES string of the molecule is CCCOc1ccc(/C(O)=C2\C(=O)C(=O)N(CCCn3ccnc3)[C@@H]2c2cccc(Cl)c2)cc1. The van der Waals surface area contributed by atoms with Crippen molar-refractivity contribution in [2.24, 2.45) is 0 Å². The quantitative estimate of drug-likeness (QED) is 0.270. The lowest BCUT2D eigenvalue weighted by atomic mass is 9.95. The topological polar surface area (TPSA) is 84.7 Å². The first kappa shape index (κ1) is 23.6. The predicted octanol–water partition coefficient (Wildman–Crippen LogP) is 4.84. The summed E-state index contributed by atoms with van der Waals surface area (Å²) in [6.45, 7) is 3.58. The molecular formula is C26H26ClN3O4. The summed E-state index contributed by atoms with van der Waals surface area (Å²) in [6, 6.07) is 13.1. The molecule has 0 saturated carbocycles. The Morgan fingerprint density at radius 1 is 1.15 bits per heavy atom. The molecule has 2 heterocycles. The molecule has 1 aliphatic heterocycles. The number of Topliss-reactive ketones (excluding diaryl/α,β-unsaturated/α-hetero) is 1. The number of amides is 1. The van der Waals surface area contributed by atoms with E-state index in [1.54, 1.807) is 61.1 Å². The Labute approximate surface area is 203 Å². The van der Waals surface area contributed by atoms with E-state index in [2.05, 4.69) is 4.98 Å². The summed E-state index contributed by atoms with van der Waals surface area (Å²) in [5.41, 5.74) is 1.16. The molecule has 34 heavy (non-hydrogen) atoms. The number of aromatic nitrogens is 2. The molecule has 4 rings (SSSR count). The molecule has 1 fully saturated rings. The number of halogens is 1. The standard InChI is InChI=1S/C26H26ClN3O4/c1-2-15-34-21-9-7-18(8-10-21)24(31)22-23(19-5-3-6-20(27)16-19)30(26(33)25(22)32)13-4-12-29-14-11-28-17-29/h3,5-11,14,16-17,23,31H,2,4,12-13,15H2,1H3/b24-22+/t23-/m1/s1. The summed E-state index contributed by atoms with van der Waals surface area (Å²) in [7, 11) is 0. The van der Waals surface area contributed by atoms with Crippen LogP contribution in [-0.2, 0) is 16.1 Å². The van der Waals surface area contributed by atoms with Gasteiger partial charge in [-0.2, -0.15) is 0 Å². The van der Waals surface area contributed by atoms with E-state index < -0.39 is 17.7 Å². The number of aryl methyl sites for hydroxylation is 1. The van der Waals surface area contributed by atoms with Crippen molar-refractivity contribution in [1.82, 2.24) is 14.5 Å². The summed E-state index contributed by atoms with van der Waals surface area (Å²) < 4.78 is 7.51. The number of likely N-dealkylation sites (tertiary alicyclic amines) is 1. The number of carbonyl (C=O) groups is 2. The highest BCUT2D eigenvalue weighted by atomic mass is 35.5. The van der Waals surface area contributed by atoms with Crippen molar-refractivity contribution in [3.05, 3.63) is 89.0 Å². The van der Waals surface area contributed by atoms with Gasteiger partial charge in [0.25, 0.3) is 11.7 Å². The number of hydrogen-bond donors (Lipinski definition) is 1. The Hall–Kier alpha value is -3.58. The third-order valence-electron chi connectivity index (χ3n) is 5.68. The highest BCUT2D eigenvalue weighted by molar-refractivity contribution is 6.46. The van der Waals surface area contributed by atoms with Crippen molar-refractivity contribution >= 4 is 29.1 Å². The minimum Gasteiger partial charge on any atom is -0.507 e. The maximum Gasteiger partial charge on any atom is 0.295 e.